The SMILES string of the molecule is CC(=O)NC1CCCC1C(=O)N[C@H](CC(=O)NC1CCCC1C(=O)NC[C@H](CC(C)C)C(=O)NC1CNCC1C(=O)NC1CNCC1C(=O)N[C@@H](C)CC(N)=O)CC(C)C. The molecule has 8 amide bonds. The summed E-state index contributed by atoms with van der Waals surface area (Å²) in [6.45, 7) is 12.8. The van der Waals surface area contributed by atoms with Crippen molar-refractivity contribution in [2.75, 3.05) is 32.7 Å². The number of rotatable bonds is 21. The van der Waals surface area contributed by atoms with Crippen LogP contribution in [0.5, 0.6) is 0 Å². The van der Waals surface area contributed by atoms with Gasteiger partial charge in [-0.25, -0.2) is 0 Å². The van der Waals surface area contributed by atoms with Gasteiger partial charge in [0.2, 0.25) is 47.3 Å². The van der Waals surface area contributed by atoms with Gasteiger partial charge in [-0.1, -0.05) is 40.5 Å². The molecule has 2 saturated heterocycles. The Bertz CT molecular complexity index is 1540. The van der Waals surface area contributed by atoms with Crippen LogP contribution < -0.4 is 53.6 Å². The summed E-state index contributed by atoms with van der Waals surface area (Å²) < 4.78 is 0. The highest BCUT2D eigenvalue weighted by atomic mass is 16.2. The average Bonchev–Trinajstić information content (AvgIpc) is 3.97. The van der Waals surface area contributed by atoms with Crippen molar-refractivity contribution in [2.24, 2.45) is 47.2 Å². The van der Waals surface area contributed by atoms with E-state index < -0.39 is 53.7 Å². The van der Waals surface area contributed by atoms with Gasteiger partial charge in [0.15, 0.2) is 0 Å². The maximum absolute atomic E-state index is 13.8. The molecular weight excluding hydrogens is 773 g/mol. The van der Waals surface area contributed by atoms with Gasteiger partial charge >= 0.3 is 0 Å². The molecule has 2 heterocycles. The van der Waals surface area contributed by atoms with Gasteiger partial charge < -0.3 is 53.6 Å². The Hall–Kier alpha value is -4.32. The molecule has 18 nitrogen and oxygen atoms in total. The summed E-state index contributed by atoms with van der Waals surface area (Å²) in [5.74, 6) is -4.29. The lowest BCUT2D eigenvalue weighted by molar-refractivity contribution is -0.130. The van der Waals surface area contributed by atoms with Crippen LogP contribution in [0.4, 0.5) is 0 Å². The van der Waals surface area contributed by atoms with E-state index in [1.807, 2.05) is 27.7 Å². The average molecular weight is 845 g/mol. The molecule has 0 bridgehead atoms. The second kappa shape index (κ2) is 23.0. The van der Waals surface area contributed by atoms with E-state index in [4.69, 9.17) is 5.73 Å². The molecule has 11 atom stereocenters. The molecule has 2 aliphatic heterocycles. The Morgan fingerprint density at radius 1 is 0.583 bits per heavy atom. The van der Waals surface area contributed by atoms with Crippen LogP contribution in [-0.2, 0) is 38.4 Å². The van der Waals surface area contributed by atoms with Crippen molar-refractivity contribution >= 4 is 47.3 Å². The monoisotopic (exact) mass is 845 g/mol. The first-order valence-corrected chi connectivity index (χ1v) is 22.2. The molecule has 18 heteroatoms. The van der Waals surface area contributed by atoms with E-state index in [1.54, 1.807) is 6.92 Å². The van der Waals surface area contributed by atoms with Gasteiger partial charge in [0, 0.05) is 76.7 Å². The standard InChI is InChI=1S/C42H72N10O8/c1-22(2)13-26(38(56)51-34-20-45-19-31(34)42(60)52-35-21-44-18-30(35)41(59)47-24(5)15-36(43)54)17-46-39(57)28-9-7-12-33(28)50-37(55)16-27(14-23(3)4)49-40(58)29-10-8-11-32(29)48-25(6)53/h22-24,26-35,44-45H,7-21H2,1-6H3,(H2,43,54)(H,46,57)(H,47,59)(H,48,53)(H,49,58)(H,50,55)(H,51,56)(H,52,60)/t24-,26-,27-,28?,29?,30?,31?,32?,33?,34?,35?/m0/s1. The number of nitrogens with one attached hydrogen (secondary N) is 9. The van der Waals surface area contributed by atoms with Crippen LogP contribution in [-0.4, -0.2) is 116 Å². The third-order valence-electron chi connectivity index (χ3n) is 12.3. The Morgan fingerprint density at radius 3 is 1.72 bits per heavy atom. The number of carbonyl (C=O) groups is 8. The normalized spacial score (nSPS) is 27.7. The maximum Gasteiger partial charge on any atom is 0.226 e. The molecule has 2 aliphatic carbocycles. The molecular formula is C42H72N10O8. The highest BCUT2D eigenvalue weighted by Crippen LogP contribution is 2.28. The minimum atomic E-state index is -0.582. The molecule has 60 heavy (non-hydrogen) atoms. The fourth-order valence-corrected chi connectivity index (χ4v) is 9.43. The number of hydrogen-bond acceptors (Lipinski definition) is 10. The summed E-state index contributed by atoms with van der Waals surface area (Å²) in [7, 11) is 0. The molecule has 8 unspecified atom stereocenters. The molecule has 11 N–H and O–H groups in total. The predicted molar refractivity (Wildman–Crippen MR) is 224 cm³/mol. The maximum atomic E-state index is 13.8. The second-order valence-corrected chi connectivity index (χ2v) is 18.5. The Morgan fingerprint density at radius 2 is 1.13 bits per heavy atom. The van der Waals surface area contributed by atoms with Gasteiger partial charge in [0.05, 0.1) is 41.7 Å². The summed E-state index contributed by atoms with van der Waals surface area (Å²) >= 11 is 0. The van der Waals surface area contributed by atoms with E-state index >= 15 is 0 Å². The zero-order valence-electron chi connectivity index (χ0n) is 36.5. The summed E-state index contributed by atoms with van der Waals surface area (Å²) in [5.41, 5.74) is 5.26. The first-order chi connectivity index (χ1) is 28.4. The first kappa shape index (κ1) is 48.3. The molecule has 0 radical (unpaired) electrons. The van der Waals surface area contributed by atoms with E-state index in [0.717, 1.165) is 19.3 Å². The van der Waals surface area contributed by atoms with Crippen molar-refractivity contribution < 1.29 is 38.4 Å². The van der Waals surface area contributed by atoms with Crippen LogP contribution in [0.15, 0.2) is 0 Å². The number of amides is 8. The lowest BCUT2D eigenvalue weighted by atomic mass is 9.94. The van der Waals surface area contributed by atoms with Gasteiger partial charge in [0.25, 0.3) is 0 Å². The van der Waals surface area contributed by atoms with E-state index in [-0.39, 0.29) is 90.6 Å². The van der Waals surface area contributed by atoms with Gasteiger partial charge in [-0.15, -0.1) is 0 Å². The lowest BCUT2D eigenvalue weighted by Crippen LogP contribution is -2.53. The largest absolute Gasteiger partial charge is 0.370 e. The second-order valence-electron chi connectivity index (χ2n) is 18.5. The smallest absolute Gasteiger partial charge is 0.226 e. The molecule has 0 aromatic rings. The highest BCUT2D eigenvalue weighted by Gasteiger charge is 2.41. The third-order valence-corrected chi connectivity index (χ3v) is 12.3. The topological polar surface area (TPSA) is 271 Å². The van der Waals surface area contributed by atoms with Crippen molar-refractivity contribution in [3.05, 3.63) is 0 Å². The molecule has 0 spiro atoms. The summed E-state index contributed by atoms with van der Waals surface area (Å²) in [4.78, 5) is 104. The van der Waals surface area contributed by atoms with Crippen molar-refractivity contribution in [1.82, 2.24) is 47.9 Å². The Labute approximate surface area is 354 Å². The lowest BCUT2D eigenvalue weighted by Gasteiger charge is -2.27. The van der Waals surface area contributed by atoms with E-state index in [2.05, 4.69) is 47.9 Å². The van der Waals surface area contributed by atoms with Crippen molar-refractivity contribution in [2.45, 2.75) is 142 Å². The van der Waals surface area contributed by atoms with Gasteiger partial charge in [-0.05, 0) is 57.3 Å². The van der Waals surface area contributed by atoms with Crippen LogP contribution >= 0.6 is 0 Å². The molecule has 4 fully saturated rings. The summed E-state index contributed by atoms with van der Waals surface area (Å²) in [5, 5.41) is 27.3. The molecule has 4 aliphatic rings. The molecule has 338 valence electrons. The quantitative estimate of drug-likeness (QED) is 0.0678. The van der Waals surface area contributed by atoms with Crippen LogP contribution in [0.25, 0.3) is 0 Å². The van der Waals surface area contributed by atoms with E-state index in [1.165, 1.54) is 6.92 Å². The first-order valence-electron chi connectivity index (χ1n) is 22.2. The number of hydrogen-bond donors (Lipinski definition) is 10. The van der Waals surface area contributed by atoms with Gasteiger partial charge in [-0.3, -0.25) is 38.4 Å². The molecule has 0 aromatic heterocycles. The number of primary amides is 1. The van der Waals surface area contributed by atoms with E-state index in [0.29, 0.717) is 58.3 Å². The Kier molecular flexibility index (Phi) is 18.6. The zero-order chi connectivity index (χ0) is 44.1. The van der Waals surface area contributed by atoms with Gasteiger partial charge in [0.1, 0.15) is 0 Å². The number of carbonyl (C=O) groups excluding carboxylic acids is 8. The van der Waals surface area contributed by atoms with Crippen molar-refractivity contribution in [3.63, 3.8) is 0 Å². The zero-order valence-corrected chi connectivity index (χ0v) is 36.5. The highest BCUT2D eigenvalue weighted by molar-refractivity contribution is 5.87. The van der Waals surface area contributed by atoms with Gasteiger partial charge in [-0.2, -0.15) is 0 Å². The summed E-state index contributed by atoms with van der Waals surface area (Å²) in [6, 6.07) is -2.41. The van der Waals surface area contributed by atoms with Crippen molar-refractivity contribution in [3.8, 4) is 0 Å². The summed E-state index contributed by atoms with van der Waals surface area (Å²) in [6.07, 6.45) is 5.42. The van der Waals surface area contributed by atoms with Crippen LogP contribution in [0, 0.1) is 41.4 Å². The molecule has 0 aromatic carbocycles. The molecule has 4 rings (SSSR count). The fourth-order valence-electron chi connectivity index (χ4n) is 9.43. The number of nitrogens with two attached hydrogens (primary N) is 1. The van der Waals surface area contributed by atoms with Crippen molar-refractivity contribution in [1.29, 1.82) is 0 Å². The predicted octanol–water partition coefficient (Wildman–Crippen LogP) is -0.936. The van der Waals surface area contributed by atoms with Crippen LogP contribution in [0.2, 0.25) is 0 Å². The third kappa shape index (κ3) is 14.7. The molecule has 2 saturated carbocycles. The van der Waals surface area contributed by atoms with Crippen LogP contribution in [0.3, 0.4) is 0 Å². The minimum Gasteiger partial charge on any atom is -0.370 e. The van der Waals surface area contributed by atoms with Crippen LogP contribution in [0.1, 0.15) is 106 Å². The van der Waals surface area contributed by atoms with E-state index in [9.17, 15) is 38.4 Å². The Balaban J connectivity index is 1.29. The fraction of sp³-hybridized carbons (Fsp3) is 0.810. The minimum absolute atomic E-state index is 0.00647.